The molecular weight excluding hydrogens is 273 g/mol. The highest BCUT2D eigenvalue weighted by molar-refractivity contribution is 5.70. The van der Waals surface area contributed by atoms with Crippen molar-refractivity contribution in [3.63, 3.8) is 0 Å². The van der Waals surface area contributed by atoms with Crippen LogP contribution in [0.15, 0.2) is 34.7 Å². The number of carboxylic acid groups (broad SMARTS) is 1. The van der Waals surface area contributed by atoms with Crippen LogP contribution < -0.4 is 0 Å². The summed E-state index contributed by atoms with van der Waals surface area (Å²) in [5.74, 6) is -0.374. The van der Waals surface area contributed by atoms with Crippen LogP contribution in [-0.4, -0.2) is 11.1 Å². The molecular formula is C14H11F3O3. The summed E-state index contributed by atoms with van der Waals surface area (Å²) in [5.41, 5.74) is 0.385. The second-order valence-electron chi connectivity index (χ2n) is 4.36. The molecule has 0 aliphatic carbocycles. The fraction of sp³-hybridized carbons (Fsp3) is 0.214. The fourth-order valence-electron chi connectivity index (χ4n) is 1.80. The molecule has 6 heteroatoms. The van der Waals surface area contributed by atoms with Crippen molar-refractivity contribution in [2.75, 3.05) is 0 Å². The van der Waals surface area contributed by atoms with Gasteiger partial charge in [0, 0.05) is 5.56 Å². The van der Waals surface area contributed by atoms with Crippen LogP contribution in [0, 0.1) is 6.92 Å². The highest BCUT2D eigenvalue weighted by Gasteiger charge is 2.30. The predicted octanol–water partition coefficient (Wildman–Crippen LogP) is 3.90. The van der Waals surface area contributed by atoms with E-state index in [2.05, 4.69) is 0 Å². The molecule has 1 aromatic heterocycles. The van der Waals surface area contributed by atoms with Crippen molar-refractivity contribution in [2.45, 2.75) is 19.5 Å². The molecule has 1 N–H and O–H groups in total. The quantitative estimate of drug-likeness (QED) is 0.929. The molecule has 0 aliphatic rings. The van der Waals surface area contributed by atoms with Crippen LogP contribution in [0.1, 0.15) is 16.9 Å². The first kappa shape index (κ1) is 14.2. The Kier molecular flexibility index (Phi) is 3.57. The van der Waals surface area contributed by atoms with Gasteiger partial charge in [-0.25, -0.2) is 0 Å². The van der Waals surface area contributed by atoms with Gasteiger partial charge in [0.1, 0.15) is 17.9 Å². The molecule has 2 aromatic rings. The standard InChI is InChI=1S/C14H11F3O3/c1-8-6-12(20-11(8)7-13(18)19)9-2-4-10(5-3-9)14(15,16)17/h2-6H,7H2,1H3,(H,18,19). The first-order chi connectivity index (χ1) is 9.27. The molecule has 0 radical (unpaired) electrons. The highest BCUT2D eigenvalue weighted by atomic mass is 19.4. The molecule has 0 saturated heterocycles. The molecule has 0 unspecified atom stereocenters. The lowest BCUT2D eigenvalue weighted by Crippen LogP contribution is -2.03. The lowest BCUT2D eigenvalue weighted by atomic mass is 10.1. The minimum atomic E-state index is -4.38. The van der Waals surface area contributed by atoms with E-state index in [1.165, 1.54) is 12.1 Å². The van der Waals surface area contributed by atoms with E-state index in [4.69, 9.17) is 9.52 Å². The van der Waals surface area contributed by atoms with Gasteiger partial charge in [0.2, 0.25) is 0 Å². The third-order valence-corrected chi connectivity index (χ3v) is 2.83. The first-order valence-corrected chi connectivity index (χ1v) is 5.76. The number of hydrogen-bond donors (Lipinski definition) is 1. The lowest BCUT2D eigenvalue weighted by molar-refractivity contribution is -0.138. The number of benzene rings is 1. The monoisotopic (exact) mass is 284 g/mol. The van der Waals surface area contributed by atoms with Gasteiger partial charge < -0.3 is 9.52 Å². The van der Waals surface area contributed by atoms with Crippen LogP contribution in [-0.2, 0) is 17.4 Å². The molecule has 0 bridgehead atoms. The Bertz CT molecular complexity index is 624. The molecule has 3 nitrogen and oxygen atoms in total. The van der Waals surface area contributed by atoms with Crippen LogP contribution in [0.25, 0.3) is 11.3 Å². The van der Waals surface area contributed by atoms with E-state index in [-0.39, 0.29) is 6.42 Å². The fourth-order valence-corrected chi connectivity index (χ4v) is 1.80. The van der Waals surface area contributed by atoms with Crippen molar-refractivity contribution in [2.24, 2.45) is 0 Å². The van der Waals surface area contributed by atoms with Gasteiger partial charge in [0.25, 0.3) is 0 Å². The highest BCUT2D eigenvalue weighted by Crippen LogP contribution is 2.32. The summed E-state index contributed by atoms with van der Waals surface area (Å²) in [6, 6.07) is 6.13. The third kappa shape index (κ3) is 3.01. The number of halogens is 3. The Morgan fingerprint density at radius 1 is 1.25 bits per heavy atom. The summed E-state index contributed by atoms with van der Waals surface area (Å²) < 4.78 is 42.7. The Morgan fingerprint density at radius 3 is 2.35 bits per heavy atom. The number of aryl methyl sites for hydroxylation is 1. The number of hydrogen-bond acceptors (Lipinski definition) is 2. The maximum atomic E-state index is 12.4. The van der Waals surface area contributed by atoms with Crippen LogP contribution in [0.3, 0.4) is 0 Å². The van der Waals surface area contributed by atoms with E-state index in [1.807, 2.05) is 0 Å². The van der Waals surface area contributed by atoms with Crippen LogP contribution >= 0.6 is 0 Å². The first-order valence-electron chi connectivity index (χ1n) is 5.76. The predicted molar refractivity (Wildman–Crippen MR) is 65.2 cm³/mol. The number of carboxylic acids is 1. The van der Waals surface area contributed by atoms with Gasteiger partial charge in [-0.2, -0.15) is 13.2 Å². The van der Waals surface area contributed by atoms with Gasteiger partial charge in [-0.3, -0.25) is 4.79 Å². The van der Waals surface area contributed by atoms with E-state index >= 15 is 0 Å². The zero-order chi connectivity index (χ0) is 14.9. The van der Waals surface area contributed by atoms with Gasteiger partial charge in [-0.15, -0.1) is 0 Å². The summed E-state index contributed by atoms with van der Waals surface area (Å²) in [7, 11) is 0. The van der Waals surface area contributed by atoms with E-state index in [1.54, 1.807) is 13.0 Å². The summed E-state index contributed by atoms with van der Waals surface area (Å²) >= 11 is 0. The minimum Gasteiger partial charge on any atom is -0.481 e. The number of furan rings is 1. The van der Waals surface area contributed by atoms with Gasteiger partial charge in [-0.05, 0) is 30.7 Å². The third-order valence-electron chi connectivity index (χ3n) is 2.83. The lowest BCUT2D eigenvalue weighted by Gasteiger charge is -2.06. The van der Waals surface area contributed by atoms with Crippen LogP contribution in [0.2, 0.25) is 0 Å². The Labute approximate surface area is 112 Å². The van der Waals surface area contributed by atoms with Crippen molar-refractivity contribution >= 4 is 5.97 Å². The Hall–Kier alpha value is -2.24. The second kappa shape index (κ2) is 5.03. The Morgan fingerprint density at radius 2 is 1.85 bits per heavy atom. The largest absolute Gasteiger partial charge is 0.481 e. The Balaban J connectivity index is 2.30. The van der Waals surface area contributed by atoms with Gasteiger partial charge in [-0.1, -0.05) is 12.1 Å². The average molecular weight is 284 g/mol. The van der Waals surface area contributed by atoms with Crippen molar-refractivity contribution in [3.8, 4) is 11.3 Å². The molecule has 0 aliphatic heterocycles. The smallest absolute Gasteiger partial charge is 0.416 e. The van der Waals surface area contributed by atoms with Gasteiger partial charge in [0.15, 0.2) is 0 Å². The summed E-state index contributed by atoms with van der Waals surface area (Å²) in [6.45, 7) is 1.69. The van der Waals surface area contributed by atoms with Gasteiger partial charge >= 0.3 is 12.1 Å². The van der Waals surface area contributed by atoms with E-state index < -0.39 is 17.7 Å². The molecule has 0 saturated carbocycles. The zero-order valence-electron chi connectivity index (χ0n) is 10.5. The summed E-state index contributed by atoms with van der Waals surface area (Å²) in [4.78, 5) is 10.6. The summed E-state index contributed by atoms with van der Waals surface area (Å²) in [5, 5.41) is 8.71. The average Bonchev–Trinajstić information content (AvgIpc) is 2.69. The van der Waals surface area contributed by atoms with E-state index in [0.717, 1.165) is 12.1 Å². The zero-order valence-corrected chi connectivity index (χ0v) is 10.5. The van der Waals surface area contributed by atoms with Crippen molar-refractivity contribution in [3.05, 3.63) is 47.2 Å². The second-order valence-corrected chi connectivity index (χ2v) is 4.36. The molecule has 0 fully saturated rings. The van der Waals surface area contributed by atoms with E-state index in [9.17, 15) is 18.0 Å². The van der Waals surface area contributed by atoms with Crippen LogP contribution in [0.4, 0.5) is 13.2 Å². The maximum Gasteiger partial charge on any atom is 0.416 e. The molecule has 2 rings (SSSR count). The van der Waals surface area contributed by atoms with Crippen LogP contribution in [0.5, 0.6) is 0 Å². The van der Waals surface area contributed by atoms with Crippen molar-refractivity contribution < 1.29 is 27.5 Å². The molecule has 20 heavy (non-hydrogen) atoms. The number of carbonyl (C=O) groups is 1. The maximum absolute atomic E-state index is 12.4. The molecule has 106 valence electrons. The molecule has 0 spiro atoms. The molecule has 0 atom stereocenters. The molecule has 1 aromatic carbocycles. The molecule has 1 heterocycles. The summed E-state index contributed by atoms with van der Waals surface area (Å²) in [6.07, 6.45) is -4.64. The van der Waals surface area contributed by atoms with E-state index in [0.29, 0.717) is 22.6 Å². The van der Waals surface area contributed by atoms with Crippen molar-refractivity contribution in [1.82, 2.24) is 0 Å². The number of rotatable bonds is 3. The SMILES string of the molecule is Cc1cc(-c2ccc(C(F)(F)F)cc2)oc1CC(=O)O. The number of aliphatic carboxylic acids is 1. The van der Waals surface area contributed by atoms with Crippen molar-refractivity contribution in [1.29, 1.82) is 0 Å². The molecule has 0 amide bonds. The number of alkyl halides is 3. The minimum absolute atomic E-state index is 0.257. The normalized spacial score (nSPS) is 11.6. The topological polar surface area (TPSA) is 50.4 Å². The van der Waals surface area contributed by atoms with Gasteiger partial charge in [0.05, 0.1) is 5.56 Å².